The normalized spacial score (nSPS) is 11.6. The second-order valence-corrected chi connectivity index (χ2v) is 14.8. The number of methoxy groups -OCH3 is 1. The minimum absolute atomic E-state index is 0.0898. The molecule has 0 atom stereocenters. The second kappa shape index (κ2) is 17.8. The van der Waals surface area contributed by atoms with Gasteiger partial charge in [0.1, 0.15) is 5.75 Å². The van der Waals surface area contributed by atoms with Gasteiger partial charge in [-0.1, -0.05) is 89.4 Å². The average molecular weight is 751 g/mol. The summed E-state index contributed by atoms with van der Waals surface area (Å²) in [6.07, 6.45) is 6.77. The molecule has 5 rings (SSSR count). The molecule has 0 saturated heterocycles. The summed E-state index contributed by atoms with van der Waals surface area (Å²) in [7, 11) is -1.84. The third-order valence-corrected chi connectivity index (χ3v) is 10.6. The number of nitriles is 2. The predicted molar refractivity (Wildman–Crippen MR) is 199 cm³/mol. The zero-order valence-electron chi connectivity index (χ0n) is 27.8. The molecule has 8 nitrogen and oxygen atoms in total. The highest BCUT2D eigenvalue weighted by molar-refractivity contribution is 9.10. The predicted octanol–water partition coefficient (Wildman–Crippen LogP) is 10.6. The van der Waals surface area contributed by atoms with Gasteiger partial charge in [0.05, 0.1) is 55.3 Å². The lowest BCUT2D eigenvalue weighted by Gasteiger charge is -2.19. The van der Waals surface area contributed by atoms with E-state index in [-0.39, 0.29) is 25.3 Å². The third-order valence-electron chi connectivity index (χ3n) is 8.22. The van der Waals surface area contributed by atoms with Crippen molar-refractivity contribution < 1.29 is 23.1 Å². The van der Waals surface area contributed by atoms with Crippen LogP contribution in [-0.2, 0) is 26.8 Å². The summed E-state index contributed by atoms with van der Waals surface area (Å²) < 4.78 is 33.4. The Labute approximate surface area is 301 Å². The van der Waals surface area contributed by atoms with E-state index >= 15 is 0 Å². The van der Waals surface area contributed by atoms with Gasteiger partial charge in [-0.3, -0.25) is 13.9 Å². The molecule has 0 saturated carbocycles. The molecule has 0 fully saturated rings. The molecular weight excluding hydrogens is 713 g/mol. The molecule has 5 aromatic rings. The molecule has 4 aromatic carbocycles. The standard InChI is InChI=1S/C40H37BrN3O5P/c1-47-39-20-17-32(25-42)22-33(39)23-34(26-43)37-27-44(38-19-18-35(41)24-36(37)38)40(45)16-10-2-3-11-21-50(46,48-28-30-12-6-4-7-13-30)49-29-31-14-8-5-9-15-31/h4-9,12-15,17-20,22-24,27H,2-3,10-11,16,21,28-29H2,1H3/b34-23+. The Hall–Kier alpha value is -4.76. The summed E-state index contributed by atoms with van der Waals surface area (Å²) in [4.78, 5) is 13.6. The first-order valence-electron chi connectivity index (χ1n) is 16.3. The summed E-state index contributed by atoms with van der Waals surface area (Å²) in [6.45, 7) is 0.403. The number of hydrogen-bond acceptors (Lipinski definition) is 7. The van der Waals surface area contributed by atoms with Crippen LogP contribution in [0.3, 0.4) is 0 Å². The molecule has 0 unspecified atom stereocenters. The molecule has 50 heavy (non-hydrogen) atoms. The van der Waals surface area contributed by atoms with Crippen LogP contribution in [0.5, 0.6) is 5.75 Å². The maximum Gasteiger partial charge on any atom is 0.331 e. The number of unbranched alkanes of at least 4 members (excludes halogenated alkanes) is 3. The Kier molecular flexibility index (Phi) is 13.0. The van der Waals surface area contributed by atoms with Crippen LogP contribution >= 0.6 is 23.5 Å². The number of fused-ring (bicyclic) bond motifs is 1. The maximum absolute atomic E-state index is 13.7. The van der Waals surface area contributed by atoms with Crippen LogP contribution in [-0.4, -0.2) is 23.7 Å². The fraction of sp³-hybridized carbons (Fsp3) is 0.225. The summed E-state index contributed by atoms with van der Waals surface area (Å²) >= 11 is 3.52. The molecule has 0 amide bonds. The van der Waals surface area contributed by atoms with Crippen molar-refractivity contribution in [3.8, 4) is 17.9 Å². The molecule has 0 N–H and O–H groups in total. The van der Waals surface area contributed by atoms with Crippen molar-refractivity contribution in [2.75, 3.05) is 13.3 Å². The highest BCUT2D eigenvalue weighted by atomic mass is 79.9. The van der Waals surface area contributed by atoms with E-state index in [1.54, 1.807) is 35.0 Å². The second-order valence-electron chi connectivity index (χ2n) is 11.7. The van der Waals surface area contributed by atoms with E-state index in [4.69, 9.17) is 13.8 Å². The lowest BCUT2D eigenvalue weighted by Crippen LogP contribution is -2.09. The zero-order valence-corrected chi connectivity index (χ0v) is 30.2. The summed E-state index contributed by atoms with van der Waals surface area (Å²) in [5.41, 5.74) is 4.51. The molecule has 1 heterocycles. The summed E-state index contributed by atoms with van der Waals surface area (Å²) in [5.74, 6) is 0.438. The van der Waals surface area contributed by atoms with Gasteiger partial charge in [0, 0.05) is 33.6 Å². The molecule has 0 spiro atoms. The van der Waals surface area contributed by atoms with E-state index in [0.717, 1.165) is 33.8 Å². The number of allylic oxidation sites excluding steroid dienone is 1. The fourth-order valence-electron chi connectivity index (χ4n) is 5.58. The minimum atomic E-state index is -3.37. The maximum atomic E-state index is 13.7. The summed E-state index contributed by atoms with van der Waals surface area (Å²) in [5, 5.41) is 20.4. The Morgan fingerprint density at radius 2 is 1.52 bits per heavy atom. The van der Waals surface area contributed by atoms with Crippen molar-refractivity contribution in [1.82, 2.24) is 4.57 Å². The summed E-state index contributed by atoms with van der Waals surface area (Å²) in [6, 6.07) is 34.2. The van der Waals surface area contributed by atoms with Crippen molar-refractivity contribution in [2.24, 2.45) is 0 Å². The van der Waals surface area contributed by atoms with E-state index in [1.807, 2.05) is 78.9 Å². The number of carbonyl (C=O) groups excluding carboxylic acids is 1. The van der Waals surface area contributed by atoms with E-state index in [9.17, 15) is 19.9 Å². The van der Waals surface area contributed by atoms with Gasteiger partial charge in [-0.05, 0) is 66.4 Å². The SMILES string of the molecule is COc1ccc(C#N)cc1/C=C(\C#N)c1cn(C(=O)CCCCCCP(=O)(OCc2ccccc2)OCc2ccccc2)c2ccc(Br)cc12. The number of hydrogen-bond donors (Lipinski definition) is 0. The number of carbonyl (C=O) groups is 1. The zero-order chi connectivity index (χ0) is 35.3. The van der Waals surface area contributed by atoms with Gasteiger partial charge in [-0.2, -0.15) is 10.5 Å². The molecular formula is C40H37BrN3O5P. The lowest BCUT2D eigenvalue weighted by atomic mass is 10.0. The number of benzene rings is 4. The number of nitrogens with zero attached hydrogens (tertiary/aromatic N) is 3. The Morgan fingerprint density at radius 1 is 0.860 bits per heavy atom. The van der Waals surface area contributed by atoms with Crippen molar-refractivity contribution in [2.45, 2.75) is 45.3 Å². The van der Waals surface area contributed by atoms with Crippen LogP contribution < -0.4 is 4.74 Å². The smallest absolute Gasteiger partial charge is 0.331 e. The van der Waals surface area contributed by atoms with E-state index in [1.165, 1.54) is 7.11 Å². The first kappa shape index (κ1) is 36.5. The van der Waals surface area contributed by atoms with Crippen LogP contribution in [0.4, 0.5) is 0 Å². The Morgan fingerprint density at radius 3 is 2.14 bits per heavy atom. The van der Waals surface area contributed by atoms with Crippen LogP contribution in [0.2, 0.25) is 0 Å². The van der Waals surface area contributed by atoms with Gasteiger partial charge in [0.2, 0.25) is 5.91 Å². The van der Waals surface area contributed by atoms with E-state index in [0.29, 0.717) is 52.8 Å². The van der Waals surface area contributed by atoms with E-state index < -0.39 is 7.60 Å². The van der Waals surface area contributed by atoms with Crippen LogP contribution in [0.1, 0.15) is 64.7 Å². The van der Waals surface area contributed by atoms with Gasteiger partial charge >= 0.3 is 7.60 Å². The molecule has 0 aliphatic heterocycles. The van der Waals surface area contributed by atoms with Gasteiger partial charge in [0.15, 0.2) is 0 Å². The van der Waals surface area contributed by atoms with Crippen molar-refractivity contribution in [1.29, 1.82) is 10.5 Å². The van der Waals surface area contributed by atoms with Gasteiger partial charge in [0.25, 0.3) is 0 Å². The molecule has 0 radical (unpaired) electrons. The van der Waals surface area contributed by atoms with Crippen LogP contribution in [0, 0.1) is 22.7 Å². The van der Waals surface area contributed by atoms with E-state index in [2.05, 4.69) is 28.1 Å². The highest BCUT2D eigenvalue weighted by Gasteiger charge is 2.25. The topological polar surface area (TPSA) is 114 Å². The number of aromatic nitrogens is 1. The first-order chi connectivity index (χ1) is 24.3. The van der Waals surface area contributed by atoms with Gasteiger partial charge in [-0.25, -0.2) is 0 Å². The Balaban J connectivity index is 1.23. The molecule has 0 aliphatic rings. The molecule has 10 heteroatoms. The molecule has 0 bridgehead atoms. The first-order valence-corrected chi connectivity index (χ1v) is 18.8. The molecule has 0 aliphatic carbocycles. The van der Waals surface area contributed by atoms with Gasteiger partial charge < -0.3 is 13.8 Å². The average Bonchev–Trinajstić information content (AvgIpc) is 3.52. The molecule has 254 valence electrons. The van der Waals surface area contributed by atoms with Crippen molar-refractivity contribution in [3.05, 3.63) is 136 Å². The van der Waals surface area contributed by atoms with Crippen molar-refractivity contribution in [3.63, 3.8) is 0 Å². The fourth-order valence-corrected chi connectivity index (χ4v) is 7.58. The third kappa shape index (κ3) is 9.69. The van der Waals surface area contributed by atoms with Crippen molar-refractivity contribution >= 4 is 52.0 Å². The minimum Gasteiger partial charge on any atom is -0.496 e. The number of halogens is 1. The number of ether oxygens (including phenoxy) is 1. The lowest BCUT2D eigenvalue weighted by molar-refractivity contribution is 0.0904. The quantitative estimate of drug-likeness (QED) is 0.0560. The Bertz CT molecular complexity index is 2050. The van der Waals surface area contributed by atoms with Crippen LogP contribution in [0.25, 0.3) is 22.6 Å². The van der Waals surface area contributed by atoms with Gasteiger partial charge in [-0.15, -0.1) is 0 Å². The largest absolute Gasteiger partial charge is 0.496 e. The monoisotopic (exact) mass is 749 g/mol. The number of rotatable bonds is 16. The molecule has 1 aromatic heterocycles. The van der Waals surface area contributed by atoms with Crippen LogP contribution in [0.15, 0.2) is 108 Å². The highest BCUT2D eigenvalue weighted by Crippen LogP contribution is 2.50.